The van der Waals surface area contributed by atoms with Crippen molar-refractivity contribution in [2.75, 3.05) is 6.61 Å². The van der Waals surface area contributed by atoms with Gasteiger partial charge < -0.3 is 4.74 Å². The van der Waals surface area contributed by atoms with Gasteiger partial charge in [0, 0.05) is 6.61 Å². The monoisotopic (exact) mass is 324 g/mol. The lowest BCUT2D eigenvalue weighted by Crippen LogP contribution is -2.05. The molecule has 0 saturated carbocycles. The molecule has 0 spiro atoms. The Morgan fingerprint density at radius 2 is 2.14 bits per heavy atom. The van der Waals surface area contributed by atoms with Crippen molar-refractivity contribution in [3.8, 4) is 0 Å². The van der Waals surface area contributed by atoms with E-state index in [0.29, 0.717) is 0 Å². The van der Waals surface area contributed by atoms with E-state index in [1.165, 1.54) is 12.8 Å². The van der Waals surface area contributed by atoms with E-state index in [9.17, 15) is 0 Å². The first kappa shape index (κ1) is 6.54. The second kappa shape index (κ2) is 2.34. The Balaban J connectivity index is 2.40. The summed E-state index contributed by atoms with van der Waals surface area (Å²) in [5.74, 6) is 0. The van der Waals surface area contributed by atoms with Crippen LogP contribution >= 0.6 is 45.2 Å². The van der Waals surface area contributed by atoms with Gasteiger partial charge in [0.25, 0.3) is 0 Å². The fraction of sp³-hybridized carbons (Fsp3) is 1.00. The van der Waals surface area contributed by atoms with E-state index in [1.807, 2.05) is 0 Å². The van der Waals surface area contributed by atoms with Gasteiger partial charge in [-0.05, 0) is 58.0 Å². The molecule has 1 rings (SSSR count). The Bertz CT molecular complexity index is 64.1. The van der Waals surface area contributed by atoms with Gasteiger partial charge in [0.1, 0.15) is 0 Å². The smallest absolute Gasteiger partial charge is 0.169 e. The maximum Gasteiger partial charge on any atom is 0.169 e. The van der Waals surface area contributed by atoms with Gasteiger partial charge in [-0.1, -0.05) is 0 Å². The summed E-state index contributed by atoms with van der Waals surface area (Å²) in [6.45, 7) is 0.950. The van der Waals surface area contributed by atoms with E-state index >= 15 is 0 Å². The van der Waals surface area contributed by atoms with Crippen molar-refractivity contribution in [3.63, 3.8) is 0 Å². The maximum absolute atomic E-state index is 5.31. The van der Waals surface area contributed by atoms with E-state index in [2.05, 4.69) is 45.2 Å². The SMILES string of the molecule is IC1(I)CCCO1. The summed E-state index contributed by atoms with van der Waals surface area (Å²) in [4.78, 5) is 0. The van der Waals surface area contributed by atoms with Crippen molar-refractivity contribution in [3.05, 3.63) is 0 Å². The second-order valence-corrected chi connectivity index (χ2v) is 7.14. The van der Waals surface area contributed by atoms with Gasteiger partial charge in [-0.3, -0.25) is 0 Å². The molecule has 0 N–H and O–H groups in total. The Morgan fingerprint density at radius 1 is 1.43 bits per heavy atom. The summed E-state index contributed by atoms with van der Waals surface area (Å²) in [7, 11) is 0. The van der Waals surface area contributed by atoms with E-state index in [4.69, 9.17) is 4.74 Å². The Morgan fingerprint density at radius 3 is 2.29 bits per heavy atom. The topological polar surface area (TPSA) is 9.23 Å². The standard InChI is InChI=1S/C4H6I2O/c5-4(6)2-1-3-7-4/h1-3H2. The molecule has 0 aromatic rings. The summed E-state index contributed by atoms with van der Waals surface area (Å²) in [6.07, 6.45) is 2.43. The second-order valence-electron chi connectivity index (χ2n) is 1.59. The van der Waals surface area contributed by atoms with Crippen LogP contribution in [0, 0.1) is 0 Å². The highest BCUT2D eigenvalue weighted by atomic mass is 127. The third-order valence-electron chi connectivity index (χ3n) is 0.925. The zero-order chi connectivity index (χ0) is 5.33. The Labute approximate surface area is 70.5 Å². The molecule has 0 amide bonds. The molecule has 0 radical (unpaired) electrons. The zero-order valence-electron chi connectivity index (χ0n) is 3.79. The van der Waals surface area contributed by atoms with Crippen molar-refractivity contribution in [2.45, 2.75) is 14.5 Å². The first-order valence-corrected chi connectivity index (χ1v) is 4.38. The molecular formula is C4H6I2O. The third kappa shape index (κ3) is 2.01. The molecule has 1 fully saturated rings. The van der Waals surface area contributed by atoms with Crippen molar-refractivity contribution < 1.29 is 4.74 Å². The van der Waals surface area contributed by atoms with Gasteiger partial charge in [-0.25, -0.2) is 0 Å². The summed E-state index contributed by atoms with van der Waals surface area (Å²) in [5, 5.41) is 0. The molecule has 1 nitrogen and oxygen atoms in total. The summed E-state index contributed by atoms with van der Waals surface area (Å²) in [6, 6.07) is 0. The summed E-state index contributed by atoms with van der Waals surface area (Å²) < 4.78 is 5.45. The van der Waals surface area contributed by atoms with Crippen LogP contribution in [-0.4, -0.2) is 8.22 Å². The molecule has 42 valence electrons. The van der Waals surface area contributed by atoms with Crippen LogP contribution < -0.4 is 0 Å². The van der Waals surface area contributed by atoms with Gasteiger partial charge in [-0.15, -0.1) is 0 Å². The molecule has 0 bridgehead atoms. The Hall–Kier alpha value is 1.42. The van der Waals surface area contributed by atoms with Gasteiger partial charge in [0.2, 0.25) is 0 Å². The zero-order valence-corrected chi connectivity index (χ0v) is 8.10. The highest BCUT2D eigenvalue weighted by molar-refractivity contribution is 14.2. The van der Waals surface area contributed by atoms with Crippen LogP contribution in [0.5, 0.6) is 0 Å². The van der Waals surface area contributed by atoms with E-state index < -0.39 is 0 Å². The van der Waals surface area contributed by atoms with Crippen LogP contribution in [0.4, 0.5) is 0 Å². The van der Waals surface area contributed by atoms with Crippen molar-refractivity contribution in [2.24, 2.45) is 0 Å². The molecule has 0 aliphatic carbocycles. The van der Waals surface area contributed by atoms with Crippen LogP contribution in [0.3, 0.4) is 0 Å². The molecule has 1 aliphatic rings. The van der Waals surface area contributed by atoms with Crippen LogP contribution in [-0.2, 0) is 4.74 Å². The minimum atomic E-state index is 0.134. The molecule has 0 aromatic carbocycles. The minimum absolute atomic E-state index is 0.134. The highest BCUT2D eigenvalue weighted by Gasteiger charge is 2.27. The molecule has 0 unspecified atom stereocenters. The lowest BCUT2D eigenvalue weighted by Gasteiger charge is -2.09. The average molecular weight is 324 g/mol. The molecular weight excluding hydrogens is 318 g/mol. The minimum Gasteiger partial charge on any atom is -0.355 e. The molecule has 1 aliphatic heterocycles. The summed E-state index contributed by atoms with van der Waals surface area (Å²) in [5.41, 5.74) is 0. The fourth-order valence-corrected chi connectivity index (χ4v) is 1.77. The Kier molecular flexibility index (Phi) is 2.19. The number of hydrogen-bond donors (Lipinski definition) is 0. The van der Waals surface area contributed by atoms with Crippen LogP contribution in [0.2, 0.25) is 0 Å². The maximum atomic E-state index is 5.31. The van der Waals surface area contributed by atoms with Crippen molar-refractivity contribution in [1.29, 1.82) is 0 Å². The van der Waals surface area contributed by atoms with Crippen molar-refractivity contribution in [1.82, 2.24) is 0 Å². The van der Waals surface area contributed by atoms with Gasteiger partial charge in [0.15, 0.2) is 1.61 Å². The van der Waals surface area contributed by atoms with E-state index in [0.717, 1.165) is 6.61 Å². The first-order valence-electron chi connectivity index (χ1n) is 2.22. The van der Waals surface area contributed by atoms with Crippen LogP contribution in [0.15, 0.2) is 0 Å². The van der Waals surface area contributed by atoms with Crippen LogP contribution in [0.25, 0.3) is 0 Å². The first-order chi connectivity index (χ1) is 3.21. The fourth-order valence-electron chi connectivity index (χ4n) is 0.572. The number of halogens is 2. The van der Waals surface area contributed by atoms with Crippen molar-refractivity contribution >= 4 is 45.2 Å². The number of alkyl halides is 2. The third-order valence-corrected chi connectivity index (χ3v) is 2.63. The molecule has 0 aromatic heterocycles. The van der Waals surface area contributed by atoms with Gasteiger partial charge in [-0.2, -0.15) is 0 Å². The quantitative estimate of drug-likeness (QED) is 0.491. The van der Waals surface area contributed by atoms with Gasteiger partial charge in [0.05, 0.1) is 0 Å². The molecule has 0 atom stereocenters. The van der Waals surface area contributed by atoms with Crippen LogP contribution in [0.1, 0.15) is 12.8 Å². The predicted octanol–water partition coefficient (Wildman–Crippen LogP) is 2.32. The number of ether oxygens (including phenoxy) is 1. The molecule has 7 heavy (non-hydrogen) atoms. The normalized spacial score (nSPS) is 28.3. The number of rotatable bonds is 0. The molecule has 1 heterocycles. The van der Waals surface area contributed by atoms with Gasteiger partial charge >= 0.3 is 0 Å². The molecule has 1 saturated heterocycles. The highest BCUT2D eigenvalue weighted by Crippen LogP contribution is 2.38. The summed E-state index contributed by atoms with van der Waals surface area (Å²) >= 11 is 4.66. The largest absolute Gasteiger partial charge is 0.355 e. The van der Waals surface area contributed by atoms with E-state index in [1.54, 1.807) is 0 Å². The molecule has 3 heteroatoms. The average Bonchev–Trinajstić information content (AvgIpc) is 1.84. The lowest BCUT2D eigenvalue weighted by molar-refractivity contribution is 0.173. The predicted molar refractivity (Wildman–Crippen MR) is 46.0 cm³/mol. The lowest BCUT2D eigenvalue weighted by atomic mass is 10.4. The number of hydrogen-bond acceptors (Lipinski definition) is 1. The van der Waals surface area contributed by atoms with E-state index in [-0.39, 0.29) is 1.61 Å².